The van der Waals surface area contributed by atoms with E-state index in [2.05, 4.69) is 4.90 Å². The maximum absolute atomic E-state index is 12.1. The fraction of sp³-hybridized carbons (Fsp3) is 0.643. The van der Waals surface area contributed by atoms with E-state index in [0.29, 0.717) is 18.8 Å². The van der Waals surface area contributed by atoms with Crippen molar-refractivity contribution in [3.8, 4) is 0 Å². The molecule has 0 atom stereocenters. The van der Waals surface area contributed by atoms with Crippen LogP contribution in [0.25, 0.3) is 0 Å². The molecule has 1 fully saturated rings. The van der Waals surface area contributed by atoms with Crippen molar-refractivity contribution in [1.82, 2.24) is 9.80 Å². The zero-order chi connectivity index (χ0) is 13.7. The highest BCUT2D eigenvalue weighted by atomic mass is 79.9. The van der Waals surface area contributed by atoms with Gasteiger partial charge in [0.2, 0.25) is 0 Å². The predicted molar refractivity (Wildman–Crippen MR) is 82.4 cm³/mol. The van der Waals surface area contributed by atoms with Gasteiger partial charge in [-0.15, -0.1) is 17.0 Å². The van der Waals surface area contributed by atoms with E-state index in [1.807, 2.05) is 19.9 Å². The summed E-state index contributed by atoms with van der Waals surface area (Å²) < 4.78 is 11.0. The quantitative estimate of drug-likeness (QED) is 0.819. The van der Waals surface area contributed by atoms with Crippen LogP contribution in [-0.4, -0.2) is 55.1 Å². The van der Waals surface area contributed by atoms with Gasteiger partial charge >= 0.3 is 0 Å². The number of carbonyl (C=O) groups excluding carboxylic acids is 1. The lowest BCUT2D eigenvalue weighted by molar-refractivity contribution is 0.0310. The van der Waals surface area contributed by atoms with Gasteiger partial charge in [-0.2, -0.15) is 0 Å². The summed E-state index contributed by atoms with van der Waals surface area (Å²) in [7, 11) is 0. The first-order valence-electron chi connectivity index (χ1n) is 6.92. The van der Waals surface area contributed by atoms with Crippen molar-refractivity contribution < 1.29 is 13.9 Å². The number of hydrogen-bond donors (Lipinski definition) is 0. The lowest BCUT2D eigenvalue weighted by Gasteiger charge is -2.25. The van der Waals surface area contributed by atoms with Crippen LogP contribution in [0.1, 0.15) is 30.2 Å². The van der Waals surface area contributed by atoms with Crippen LogP contribution < -0.4 is 0 Å². The van der Waals surface area contributed by atoms with E-state index in [0.717, 1.165) is 38.6 Å². The maximum Gasteiger partial charge on any atom is 0.289 e. The van der Waals surface area contributed by atoms with Crippen molar-refractivity contribution in [1.29, 1.82) is 0 Å². The topological polar surface area (TPSA) is 45.9 Å². The molecule has 0 N–H and O–H groups in total. The second kappa shape index (κ2) is 8.44. The Balaban J connectivity index is 0.00000200. The number of morpholine rings is 1. The van der Waals surface area contributed by atoms with Crippen LogP contribution >= 0.6 is 17.0 Å². The molecule has 0 bridgehead atoms. The van der Waals surface area contributed by atoms with Crippen molar-refractivity contribution >= 4 is 22.9 Å². The lowest BCUT2D eigenvalue weighted by Crippen LogP contribution is -2.35. The zero-order valence-corrected chi connectivity index (χ0v) is 13.8. The molecule has 1 aromatic rings. The van der Waals surface area contributed by atoms with E-state index in [4.69, 9.17) is 9.15 Å². The predicted octanol–water partition coefficient (Wildman–Crippen LogP) is 2.17. The van der Waals surface area contributed by atoms with E-state index in [-0.39, 0.29) is 22.9 Å². The lowest BCUT2D eigenvalue weighted by atomic mass is 10.3. The fourth-order valence-electron chi connectivity index (χ4n) is 2.22. The van der Waals surface area contributed by atoms with Gasteiger partial charge in [0.15, 0.2) is 5.76 Å². The second-order valence-corrected chi connectivity index (χ2v) is 4.63. The van der Waals surface area contributed by atoms with Crippen molar-refractivity contribution in [2.24, 2.45) is 0 Å². The Labute approximate surface area is 130 Å². The molecule has 0 aromatic carbocycles. The highest BCUT2D eigenvalue weighted by molar-refractivity contribution is 8.93. The van der Waals surface area contributed by atoms with E-state index in [1.165, 1.54) is 0 Å². The molecule has 2 rings (SSSR count). The summed E-state index contributed by atoms with van der Waals surface area (Å²) in [5.41, 5.74) is 0. The molecular formula is C14H23BrN2O3. The molecule has 6 heteroatoms. The molecule has 0 saturated carbocycles. The second-order valence-electron chi connectivity index (χ2n) is 4.63. The van der Waals surface area contributed by atoms with Gasteiger partial charge in [-0.25, -0.2) is 0 Å². The minimum atomic E-state index is -0.0294. The molecule has 2 heterocycles. The summed E-state index contributed by atoms with van der Waals surface area (Å²) in [6.45, 7) is 9.47. The van der Waals surface area contributed by atoms with Gasteiger partial charge in [0.25, 0.3) is 5.91 Å². The number of furan rings is 1. The largest absolute Gasteiger partial charge is 0.455 e. The molecular weight excluding hydrogens is 324 g/mol. The Bertz CT molecular complexity index is 412. The number of amides is 1. The average molecular weight is 347 g/mol. The summed E-state index contributed by atoms with van der Waals surface area (Å²) in [4.78, 5) is 16.1. The van der Waals surface area contributed by atoms with E-state index < -0.39 is 0 Å². The van der Waals surface area contributed by atoms with Crippen molar-refractivity contribution in [3.63, 3.8) is 0 Å². The van der Waals surface area contributed by atoms with Crippen LogP contribution in [0.3, 0.4) is 0 Å². The molecule has 1 aromatic heterocycles. The van der Waals surface area contributed by atoms with Crippen LogP contribution in [-0.2, 0) is 11.3 Å². The van der Waals surface area contributed by atoms with E-state index >= 15 is 0 Å². The SMILES string of the molecule is Br.CCN(CC)C(=O)c1ccc(CN2CCOCC2)o1. The number of hydrogen-bond acceptors (Lipinski definition) is 4. The van der Waals surface area contributed by atoms with E-state index in [1.54, 1.807) is 11.0 Å². The highest BCUT2D eigenvalue weighted by Gasteiger charge is 2.18. The molecule has 0 spiro atoms. The summed E-state index contributed by atoms with van der Waals surface area (Å²) in [6.07, 6.45) is 0. The highest BCUT2D eigenvalue weighted by Crippen LogP contribution is 2.13. The summed E-state index contributed by atoms with van der Waals surface area (Å²) >= 11 is 0. The number of halogens is 1. The van der Waals surface area contributed by atoms with Crippen LogP contribution in [0.15, 0.2) is 16.5 Å². The van der Waals surface area contributed by atoms with Crippen LogP contribution in [0.5, 0.6) is 0 Å². The monoisotopic (exact) mass is 346 g/mol. The standard InChI is InChI=1S/C14H22N2O3.BrH/c1-3-16(4-2)14(17)13-6-5-12(19-13)11-15-7-9-18-10-8-15;/h5-6H,3-4,7-11H2,1-2H3;1H. The fourth-order valence-corrected chi connectivity index (χ4v) is 2.22. The number of rotatable bonds is 5. The number of nitrogens with zero attached hydrogens (tertiary/aromatic N) is 2. The third kappa shape index (κ3) is 4.33. The maximum atomic E-state index is 12.1. The minimum absolute atomic E-state index is 0. The Morgan fingerprint density at radius 3 is 2.50 bits per heavy atom. The number of carbonyl (C=O) groups is 1. The average Bonchev–Trinajstić information content (AvgIpc) is 2.89. The normalized spacial score (nSPS) is 15.7. The van der Waals surface area contributed by atoms with Crippen LogP contribution in [0.4, 0.5) is 0 Å². The first-order valence-corrected chi connectivity index (χ1v) is 6.92. The molecule has 114 valence electrons. The zero-order valence-electron chi connectivity index (χ0n) is 12.1. The molecule has 5 nitrogen and oxygen atoms in total. The summed E-state index contributed by atoms with van der Waals surface area (Å²) in [6, 6.07) is 3.67. The third-order valence-corrected chi connectivity index (χ3v) is 3.41. The van der Waals surface area contributed by atoms with Gasteiger partial charge in [-0.05, 0) is 26.0 Å². The van der Waals surface area contributed by atoms with Gasteiger partial charge in [-0.1, -0.05) is 0 Å². The molecule has 0 radical (unpaired) electrons. The number of ether oxygens (including phenoxy) is 1. The Kier molecular flexibility index (Phi) is 7.26. The first kappa shape index (κ1) is 17.2. The Morgan fingerprint density at radius 2 is 1.90 bits per heavy atom. The Morgan fingerprint density at radius 1 is 1.25 bits per heavy atom. The molecule has 1 aliphatic heterocycles. The smallest absolute Gasteiger partial charge is 0.289 e. The van der Waals surface area contributed by atoms with Gasteiger partial charge in [-0.3, -0.25) is 9.69 Å². The molecule has 1 amide bonds. The molecule has 0 aliphatic carbocycles. The molecule has 20 heavy (non-hydrogen) atoms. The van der Waals surface area contributed by atoms with Crippen molar-refractivity contribution in [3.05, 3.63) is 23.7 Å². The van der Waals surface area contributed by atoms with Crippen LogP contribution in [0.2, 0.25) is 0 Å². The van der Waals surface area contributed by atoms with Crippen LogP contribution in [0, 0.1) is 0 Å². The van der Waals surface area contributed by atoms with E-state index in [9.17, 15) is 4.79 Å². The van der Waals surface area contributed by atoms with Gasteiger partial charge in [0.05, 0.1) is 19.8 Å². The first-order chi connectivity index (χ1) is 9.24. The molecule has 1 aliphatic rings. The molecule has 1 saturated heterocycles. The Hall–Kier alpha value is -0.850. The van der Waals surface area contributed by atoms with Gasteiger partial charge < -0.3 is 14.1 Å². The minimum Gasteiger partial charge on any atom is -0.455 e. The van der Waals surface area contributed by atoms with Crippen molar-refractivity contribution in [2.45, 2.75) is 20.4 Å². The summed E-state index contributed by atoms with van der Waals surface area (Å²) in [5.74, 6) is 1.25. The van der Waals surface area contributed by atoms with Gasteiger partial charge in [0.1, 0.15) is 5.76 Å². The van der Waals surface area contributed by atoms with Gasteiger partial charge in [0, 0.05) is 26.2 Å². The third-order valence-electron chi connectivity index (χ3n) is 3.41. The summed E-state index contributed by atoms with van der Waals surface area (Å²) in [5, 5.41) is 0. The molecule has 0 unspecified atom stereocenters. The van der Waals surface area contributed by atoms with Crippen molar-refractivity contribution in [2.75, 3.05) is 39.4 Å².